The Bertz CT molecular complexity index is 977. The largest absolute Gasteiger partial charge is 0.485 e. The van der Waals surface area contributed by atoms with E-state index in [0.717, 1.165) is 11.3 Å². The molecule has 3 aromatic carbocycles. The Morgan fingerprint density at radius 3 is 2.71 bits per heavy atom. The second kappa shape index (κ2) is 6.16. The van der Waals surface area contributed by atoms with Gasteiger partial charge in [0.1, 0.15) is 5.75 Å². The van der Waals surface area contributed by atoms with Crippen LogP contribution in [0.3, 0.4) is 0 Å². The molecule has 0 radical (unpaired) electrons. The van der Waals surface area contributed by atoms with E-state index >= 15 is 0 Å². The molecule has 1 heterocycles. The van der Waals surface area contributed by atoms with Crippen molar-refractivity contribution >= 4 is 10.8 Å². The lowest BCUT2D eigenvalue weighted by atomic mass is 10.1. The van der Waals surface area contributed by atoms with Crippen LogP contribution < -0.4 is 4.74 Å². The predicted octanol–water partition coefficient (Wildman–Crippen LogP) is 4.78. The molecule has 0 aliphatic carbocycles. The third kappa shape index (κ3) is 2.86. The molecule has 24 heavy (non-hydrogen) atoms. The molecule has 0 atom stereocenters. The van der Waals surface area contributed by atoms with Crippen molar-refractivity contribution in [3.63, 3.8) is 0 Å². The SMILES string of the molecule is Cc1cccc2ccc(OCc3noc(-c4ccccc4)n3)cc12. The van der Waals surface area contributed by atoms with Crippen LogP contribution in [-0.2, 0) is 6.61 Å². The predicted molar refractivity (Wildman–Crippen MR) is 92.8 cm³/mol. The Hall–Kier alpha value is -3.14. The zero-order valence-electron chi connectivity index (χ0n) is 13.3. The Morgan fingerprint density at radius 1 is 0.958 bits per heavy atom. The van der Waals surface area contributed by atoms with Gasteiger partial charge in [0.25, 0.3) is 5.89 Å². The number of nitrogens with zero attached hydrogens (tertiary/aromatic N) is 2. The first-order valence-corrected chi connectivity index (χ1v) is 7.80. The fourth-order valence-corrected chi connectivity index (χ4v) is 2.66. The van der Waals surface area contributed by atoms with Crippen molar-refractivity contribution in [3.05, 3.63) is 78.1 Å². The highest BCUT2D eigenvalue weighted by atomic mass is 16.5. The van der Waals surface area contributed by atoms with E-state index in [1.807, 2.05) is 42.5 Å². The summed E-state index contributed by atoms with van der Waals surface area (Å²) in [6, 6.07) is 22.0. The smallest absolute Gasteiger partial charge is 0.258 e. The van der Waals surface area contributed by atoms with Crippen LogP contribution in [0.1, 0.15) is 11.4 Å². The van der Waals surface area contributed by atoms with Gasteiger partial charge in [0.2, 0.25) is 5.82 Å². The number of ether oxygens (including phenoxy) is 1. The molecule has 0 saturated heterocycles. The van der Waals surface area contributed by atoms with Gasteiger partial charge in [-0.15, -0.1) is 0 Å². The molecule has 1 aromatic heterocycles. The van der Waals surface area contributed by atoms with Gasteiger partial charge in [-0.1, -0.05) is 47.6 Å². The molecule has 4 aromatic rings. The molecule has 0 N–H and O–H groups in total. The second-order valence-corrected chi connectivity index (χ2v) is 5.63. The highest BCUT2D eigenvalue weighted by molar-refractivity contribution is 5.86. The van der Waals surface area contributed by atoms with Crippen LogP contribution in [-0.4, -0.2) is 10.1 Å². The highest BCUT2D eigenvalue weighted by Gasteiger charge is 2.09. The van der Waals surface area contributed by atoms with Crippen LogP contribution >= 0.6 is 0 Å². The number of hydrogen-bond donors (Lipinski definition) is 0. The molecule has 4 heteroatoms. The first-order chi connectivity index (χ1) is 11.8. The Kier molecular flexibility index (Phi) is 3.71. The third-order valence-corrected chi connectivity index (χ3v) is 3.93. The van der Waals surface area contributed by atoms with Gasteiger partial charge in [0.15, 0.2) is 6.61 Å². The monoisotopic (exact) mass is 316 g/mol. The maximum absolute atomic E-state index is 5.82. The summed E-state index contributed by atoms with van der Waals surface area (Å²) in [7, 11) is 0. The first kappa shape index (κ1) is 14.5. The van der Waals surface area contributed by atoms with Crippen LogP contribution in [0.5, 0.6) is 5.75 Å². The van der Waals surface area contributed by atoms with Crippen LogP contribution in [0.2, 0.25) is 0 Å². The third-order valence-electron chi connectivity index (χ3n) is 3.93. The van der Waals surface area contributed by atoms with Gasteiger partial charge in [-0.2, -0.15) is 4.98 Å². The van der Waals surface area contributed by atoms with E-state index in [0.29, 0.717) is 11.7 Å². The fourth-order valence-electron chi connectivity index (χ4n) is 2.66. The summed E-state index contributed by atoms with van der Waals surface area (Å²) in [6.07, 6.45) is 0. The number of fused-ring (bicyclic) bond motifs is 1. The van der Waals surface area contributed by atoms with Gasteiger partial charge >= 0.3 is 0 Å². The quantitative estimate of drug-likeness (QED) is 0.544. The minimum Gasteiger partial charge on any atom is -0.485 e. The molecule has 0 bridgehead atoms. The van der Waals surface area contributed by atoms with E-state index in [1.54, 1.807) is 0 Å². The van der Waals surface area contributed by atoms with Crippen molar-refractivity contribution in [2.24, 2.45) is 0 Å². The standard InChI is InChI=1S/C20H16N2O2/c1-14-6-5-9-15-10-11-17(12-18(14)15)23-13-19-21-20(24-22-19)16-7-3-2-4-8-16/h2-12H,13H2,1H3. The number of aromatic nitrogens is 2. The minimum atomic E-state index is 0.272. The van der Waals surface area contributed by atoms with Gasteiger partial charge in [0.05, 0.1) is 0 Å². The first-order valence-electron chi connectivity index (χ1n) is 7.80. The molecule has 118 valence electrons. The lowest BCUT2D eigenvalue weighted by molar-refractivity contribution is 0.287. The Balaban J connectivity index is 1.51. The van der Waals surface area contributed by atoms with E-state index < -0.39 is 0 Å². The van der Waals surface area contributed by atoms with Gasteiger partial charge in [-0.05, 0) is 47.5 Å². The summed E-state index contributed by atoms with van der Waals surface area (Å²) < 4.78 is 11.1. The highest BCUT2D eigenvalue weighted by Crippen LogP contribution is 2.24. The molecule has 0 aliphatic rings. The van der Waals surface area contributed by atoms with E-state index in [9.17, 15) is 0 Å². The molecule has 0 amide bonds. The van der Waals surface area contributed by atoms with Crippen molar-refractivity contribution in [2.45, 2.75) is 13.5 Å². The molecule has 0 spiro atoms. The van der Waals surface area contributed by atoms with Crippen molar-refractivity contribution in [1.29, 1.82) is 0 Å². The Morgan fingerprint density at radius 2 is 1.83 bits per heavy atom. The molecule has 0 fully saturated rings. The summed E-state index contributed by atoms with van der Waals surface area (Å²) >= 11 is 0. The number of aryl methyl sites for hydroxylation is 1. The maximum atomic E-state index is 5.82. The van der Waals surface area contributed by atoms with Crippen molar-refractivity contribution < 1.29 is 9.26 Å². The molecular formula is C20H16N2O2. The lowest BCUT2D eigenvalue weighted by Crippen LogP contribution is -1.97. The average Bonchev–Trinajstić information content (AvgIpc) is 3.10. The van der Waals surface area contributed by atoms with Gasteiger partial charge in [-0.25, -0.2) is 0 Å². The van der Waals surface area contributed by atoms with Gasteiger partial charge in [0, 0.05) is 5.56 Å². The van der Waals surface area contributed by atoms with E-state index in [-0.39, 0.29) is 6.61 Å². The molecule has 4 rings (SSSR count). The summed E-state index contributed by atoms with van der Waals surface area (Å²) in [5, 5.41) is 6.37. The van der Waals surface area contributed by atoms with E-state index in [1.165, 1.54) is 16.3 Å². The van der Waals surface area contributed by atoms with Gasteiger partial charge < -0.3 is 9.26 Å². The summed E-state index contributed by atoms with van der Waals surface area (Å²) in [6.45, 7) is 2.37. The van der Waals surface area contributed by atoms with Gasteiger partial charge in [-0.3, -0.25) is 0 Å². The molecule has 4 nitrogen and oxygen atoms in total. The van der Waals surface area contributed by atoms with Crippen LogP contribution in [0.15, 0.2) is 71.3 Å². The zero-order chi connectivity index (χ0) is 16.4. The normalized spacial score (nSPS) is 10.9. The van der Waals surface area contributed by atoms with Crippen LogP contribution in [0.4, 0.5) is 0 Å². The minimum absolute atomic E-state index is 0.272. The van der Waals surface area contributed by atoms with E-state index in [2.05, 4.69) is 41.3 Å². The van der Waals surface area contributed by atoms with Crippen molar-refractivity contribution in [1.82, 2.24) is 10.1 Å². The molecular weight excluding hydrogens is 300 g/mol. The fraction of sp³-hybridized carbons (Fsp3) is 0.100. The van der Waals surface area contributed by atoms with Crippen molar-refractivity contribution in [2.75, 3.05) is 0 Å². The van der Waals surface area contributed by atoms with Crippen LogP contribution in [0, 0.1) is 6.92 Å². The Labute approximate surface area is 139 Å². The maximum Gasteiger partial charge on any atom is 0.258 e. The molecule has 0 saturated carbocycles. The average molecular weight is 316 g/mol. The number of benzene rings is 3. The lowest BCUT2D eigenvalue weighted by Gasteiger charge is -2.06. The topological polar surface area (TPSA) is 48.2 Å². The number of hydrogen-bond acceptors (Lipinski definition) is 4. The number of rotatable bonds is 4. The van der Waals surface area contributed by atoms with Crippen LogP contribution in [0.25, 0.3) is 22.2 Å². The summed E-state index contributed by atoms with van der Waals surface area (Å²) in [4.78, 5) is 4.37. The summed E-state index contributed by atoms with van der Waals surface area (Å²) in [5.74, 6) is 1.82. The zero-order valence-corrected chi connectivity index (χ0v) is 13.3. The van der Waals surface area contributed by atoms with E-state index in [4.69, 9.17) is 9.26 Å². The second-order valence-electron chi connectivity index (χ2n) is 5.63. The molecule has 0 aliphatic heterocycles. The summed E-state index contributed by atoms with van der Waals surface area (Å²) in [5.41, 5.74) is 2.13. The molecule has 0 unspecified atom stereocenters. The van der Waals surface area contributed by atoms with Crippen molar-refractivity contribution in [3.8, 4) is 17.2 Å².